The summed E-state index contributed by atoms with van der Waals surface area (Å²) in [6, 6.07) is 0.808. The van der Waals surface area contributed by atoms with Crippen LogP contribution in [-0.2, 0) is 0 Å². The molecule has 80 valence electrons. The van der Waals surface area contributed by atoms with Crippen molar-refractivity contribution in [3.05, 3.63) is 0 Å². The zero-order valence-electron chi connectivity index (χ0n) is 9.51. The fourth-order valence-corrected chi connectivity index (χ4v) is 1.68. The maximum Gasteiger partial charge on any atom is 0.0584 e. The molecule has 0 aliphatic rings. The van der Waals surface area contributed by atoms with Crippen LogP contribution in [0.15, 0.2) is 0 Å². The van der Waals surface area contributed by atoms with Gasteiger partial charge in [-0.1, -0.05) is 27.2 Å². The molecule has 0 aromatic rings. The van der Waals surface area contributed by atoms with E-state index in [-0.39, 0.29) is 12.6 Å². The van der Waals surface area contributed by atoms with E-state index in [4.69, 9.17) is 5.11 Å². The molecule has 0 radical (unpaired) electrons. The molecule has 0 bridgehead atoms. The largest absolute Gasteiger partial charge is 0.395 e. The van der Waals surface area contributed by atoms with Crippen LogP contribution in [0.25, 0.3) is 0 Å². The Morgan fingerprint density at radius 3 is 2.23 bits per heavy atom. The first kappa shape index (κ1) is 12.9. The Morgan fingerprint density at radius 2 is 1.85 bits per heavy atom. The topological polar surface area (TPSA) is 32.3 Å². The van der Waals surface area contributed by atoms with Gasteiger partial charge in [0.05, 0.1) is 6.61 Å². The van der Waals surface area contributed by atoms with Gasteiger partial charge in [-0.15, -0.1) is 0 Å². The summed E-state index contributed by atoms with van der Waals surface area (Å²) >= 11 is 0. The molecule has 2 nitrogen and oxygen atoms in total. The molecule has 0 aliphatic heterocycles. The van der Waals surface area contributed by atoms with Crippen molar-refractivity contribution in [3.8, 4) is 0 Å². The SMILES string of the molecule is CCC[C@@H](C)N[C@@H](CO)CC(C)C. The second kappa shape index (κ2) is 7.34. The minimum atomic E-state index is 0.256. The van der Waals surface area contributed by atoms with Crippen molar-refractivity contribution in [2.45, 2.75) is 59.0 Å². The minimum Gasteiger partial charge on any atom is -0.395 e. The number of hydrogen-bond acceptors (Lipinski definition) is 2. The molecule has 0 aromatic carbocycles. The molecule has 0 unspecified atom stereocenters. The molecule has 2 heteroatoms. The Balaban J connectivity index is 3.69. The van der Waals surface area contributed by atoms with Crippen molar-refractivity contribution in [2.75, 3.05) is 6.61 Å². The lowest BCUT2D eigenvalue weighted by Gasteiger charge is -2.22. The van der Waals surface area contributed by atoms with E-state index in [2.05, 4.69) is 33.0 Å². The number of hydrogen-bond donors (Lipinski definition) is 2. The first-order valence-electron chi connectivity index (χ1n) is 5.47. The summed E-state index contributed by atoms with van der Waals surface area (Å²) in [5, 5.41) is 12.6. The first-order valence-corrected chi connectivity index (χ1v) is 5.47. The van der Waals surface area contributed by atoms with Crippen LogP contribution in [-0.4, -0.2) is 23.8 Å². The van der Waals surface area contributed by atoms with Gasteiger partial charge in [0.2, 0.25) is 0 Å². The van der Waals surface area contributed by atoms with Crippen molar-refractivity contribution >= 4 is 0 Å². The molecular weight excluding hydrogens is 162 g/mol. The van der Waals surface area contributed by atoms with Crippen LogP contribution in [0.2, 0.25) is 0 Å². The molecule has 0 spiro atoms. The smallest absolute Gasteiger partial charge is 0.0584 e. The zero-order chi connectivity index (χ0) is 10.3. The Bertz CT molecular complexity index is 115. The van der Waals surface area contributed by atoms with E-state index in [1.54, 1.807) is 0 Å². The third-order valence-electron chi connectivity index (χ3n) is 2.22. The van der Waals surface area contributed by atoms with Crippen LogP contribution in [0.1, 0.15) is 47.0 Å². The maximum atomic E-state index is 9.13. The highest BCUT2D eigenvalue weighted by Gasteiger charge is 2.11. The van der Waals surface area contributed by atoms with Gasteiger partial charge in [0, 0.05) is 12.1 Å². The van der Waals surface area contributed by atoms with E-state index in [1.807, 2.05) is 0 Å². The second-order valence-electron chi connectivity index (χ2n) is 4.37. The molecule has 0 aliphatic carbocycles. The predicted molar refractivity (Wildman–Crippen MR) is 57.8 cm³/mol. The number of aliphatic hydroxyl groups is 1. The molecular formula is C11H25NO. The standard InChI is InChI=1S/C11H25NO/c1-5-6-10(4)12-11(8-13)7-9(2)3/h9-13H,5-8H2,1-4H3/t10-,11-/m1/s1. The molecule has 0 saturated carbocycles. The quantitative estimate of drug-likeness (QED) is 0.640. The van der Waals surface area contributed by atoms with Gasteiger partial charge in [-0.25, -0.2) is 0 Å². The Morgan fingerprint density at radius 1 is 1.23 bits per heavy atom. The number of nitrogens with one attached hydrogen (secondary N) is 1. The van der Waals surface area contributed by atoms with Crippen LogP contribution in [0, 0.1) is 5.92 Å². The van der Waals surface area contributed by atoms with Gasteiger partial charge in [0.15, 0.2) is 0 Å². The highest BCUT2D eigenvalue weighted by atomic mass is 16.3. The second-order valence-corrected chi connectivity index (χ2v) is 4.37. The van der Waals surface area contributed by atoms with E-state index in [1.165, 1.54) is 12.8 Å². The minimum absolute atomic E-state index is 0.256. The summed E-state index contributed by atoms with van der Waals surface area (Å²) in [7, 11) is 0. The van der Waals surface area contributed by atoms with E-state index in [0.29, 0.717) is 12.0 Å². The van der Waals surface area contributed by atoms with Crippen molar-refractivity contribution in [1.29, 1.82) is 0 Å². The van der Waals surface area contributed by atoms with Gasteiger partial charge in [-0.3, -0.25) is 0 Å². The van der Waals surface area contributed by atoms with Crippen molar-refractivity contribution in [1.82, 2.24) is 5.32 Å². The summed E-state index contributed by atoms with van der Waals surface area (Å²) in [5.74, 6) is 0.651. The van der Waals surface area contributed by atoms with E-state index < -0.39 is 0 Å². The van der Waals surface area contributed by atoms with E-state index >= 15 is 0 Å². The van der Waals surface area contributed by atoms with E-state index in [0.717, 1.165) is 6.42 Å². The fourth-order valence-electron chi connectivity index (χ4n) is 1.68. The van der Waals surface area contributed by atoms with Crippen LogP contribution >= 0.6 is 0 Å². The molecule has 0 amide bonds. The summed E-state index contributed by atoms with van der Waals surface area (Å²) in [5.41, 5.74) is 0. The average Bonchev–Trinajstić information content (AvgIpc) is 2.02. The lowest BCUT2D eigenvalue weighted by atomic mass is 10.0. The van der Waals surface area contributed by atoms with Gasteiger partial charge in [-0.2, -0.15) is 0 Å². The highest BCUT2D eigenvalue weighted by molar-refractivity contribution is 4.71. The molecule has 2 N–H and O–H groups in total. The van der Waals surface area contributed by atoms with E-state index in [9.17, 15) is 0 Å². The summed E-state index contributed by atoms with van der Waals surface area (Å²) in [6.45, 7) is 9.01. The predicted octanol–water partition coefficient (Wildman–Crippen LogP) is 2.17. The average molecular weight is 187 g/mol. The number of aliphatic hydroxyl groups excluding tert-OH is 1. The first-order chi connectivity index (χ1) is 6.10. The highest BCUT2D eigenvalue weighted by Crippen LogP contribution is 2.06. The Hall–Kier alpha value is -0.0800. The van der Waals surface area contributed by atoms with Gasteiger partial charge >= 0.3 is 0 Å². The third kappa shape index (κ3) is 7.03. The molecule has 0 heterocycles. The van der Waals surface area contributed by atoms with Gasteiger partial charge in [0.25, 0.3) is 0 Å². The van der Waals surface area contributed by atoms with Crippen molar-refractivity contribution in [3.63, 3.8) is 0 Å². The van der Waals surface area contributed by atoms with Crippen LogP contribution < -0.4 is 5.32 Å². The molecule has 13 heavy (non-hydrogen) atoms. The van der Waals surface area contributed by atoms with Gasteiger partial charge in [-0.05, 0) is 25.7 Å². The van der Waals surface area contributed by atoms with Crippen LogP contribution in [0.5, 0.6) is 0 Å². The molecule has 0 rings (SSSR count). The summed E-state index contributed by atoms with van der Waals surface area (Å²) in [6.07, 6.45) is 3.45. The summed E-state index contributed by atoms with van der Waals surface area (Å²) < 4.78 is 0. The summed E-state index contributed by atoms with van der Waals surface area (Å²) in [4.78, 5) is 0. The Labute approximate surface area is 82.7 Å². The normalized spacial score (nSPS) is 16.2. The molecule has 0 saturated heterocycles. The fraction of sp³-hybridized carbons (Fsp3) is 1.00. The monoisotopic (exact) mass is 187 g/mol. The van der Waals surface area contributed by atoms with Crippen molar-refractivity contribution < 1.29 is 5.11 Å². The lowest BCUT2D eigenvalue weighted by molar-refractivity contribution is 0.213. The molecule has 0 aromatic heterocycles. The maximum absolute atomic E-state index is 9.13. The lowest BCUT2D eigenvalue weighted by Crippen LogP contribution is -2.39. The van der Waals surface area contributed by atoms with Gasteiger partial charge in [0.1, 0.15) is 0 Å². The molecule has 2 atom stereocenters. The Kier molecular flexibility index (Phi) is 7.29. The van der Waals surface area contributed by atoms with Gasteiger partial charge < -0.3 is 10.4 Å². The third-order valence-corrected chi connectivity index (χ3v) is 2.22. The molecule has 0 fully saturated rings. The van der Waals surface area contributed by atoms with Crippen LogP contribution in [0.3, 0.4) is 0 Å². The number of rotatable bonds is 7. The zero-order valence-corrected chi connectivity index (χ0v) is 9.51. The van der Waals surface area contributed by atoms with Crippen molar-refractivity contribution in [2.24, 2.45) is 5.92 Å². The van der Waals surface area contributed by atoms with Crippen LogP contribution in [0.4, 0.5) is 0 Å².